The van der Waals surface area contributed by atoms with E-state index in [1.165, 1.54) is 0 Å². The highest BCUT2D eigenvalue weighted by Crippen LogP contribution is 2.26. The number of aromatic hydroxyl groups is 1. The maximum atomic E-state index is 12.0. The second kappa shape index (κ2) is 6.90. The van der Waals surface area contributed by atoms with Gasteiger partial charge in [0.2, 0.25) is 10.0 Å². The van der Waals surface area contributed by atoms with E-state index in [9.17, 15) is 18.3 Å². The number of nitrogens with two attached hydrogens (primary N) is 1. The minimum absolute atomic E-state index is 0.0587. The molecule has 0 bridgehead atoms. The molecule has 0 saturated carbocycles. The summed E-state index contributed by atoms with van der Waals surface area (Å²) in [7, 11) is -3.94. The number of para-hydroxylation sites is 1. The average Bonchev–Trinajstić information content (AvgIpc) is 2.48. The molecule has 0 fully saturated rings. The fourth-order valence-corrected chi connectivity index (χ4v) is 2.68. The lowest BCUT2D eigenvalue weighted by atomic mass is 10.1. The Labute approximate surface area is 140 Å². The first-order valence-corrected chi connectivity index (χ1v) is 8.58. The zero-order valence-corrected chi connectivity index (χ0v) is 14.1. The highest BCUT2D eigenvalue weighted by Gasteiger charge is 2.14. The summed E-state index contributed by atoms with van der Waals surface area (Å²) in [6.45, 7) is 3.44. The molecular weight excluding hydrogens is 332 g/mol. The van der Waals surface area contributed by atoms with Crippen molar-refractivity contribution in [2.75, 3.05) is 11.9 Å². The number of ether oxygens (including phenoxy) is 1. The van der Waals surface area contributed by atoms with Gasteiger partial charge in [-0.1, -0.05) is 18.2 Å². The molecule has 2 aromatic carbocycles. The number of primary sulfonamides is 1. The van der Waals surface area contributed by atoms with Crippen LogP contribution < -0.4 is 15.2 Å². The first kappa shape index (κ1) is 17.8. The molecule has 0 saturated heterocycles. The summed E-state index contributed by atoms with van der Waals surface area (Å²) in [5, 5.41) is 17.2. The lowest BCUT2D eigenvalue weighted by Crippen LogP contribution is -2.21. The highest BCUT2D eigenvalue weighted by atomic mass is 32.2. The van der Waals surface area contributed by atoms with E-state index in [4.69, 9.17) is 9.88 Å². The summed E-state index contributed by atoms with van der Waals surface area (Å²) in [5.74, 6) is -0.211. The monoisotopic (exact) mass is 350 g/mol. The summed E-state index contributed by atoms with van der Waals surface area (Å²) in [6.07, 6.45) is 0. The van der Waals surface area contributed by atoms with Gasteiger partial charge in [0.15, 0.2) is 6.61 Å². The number of hydrogen-bond acceptors (Lipinski definition) is 5. The number of phenolic OH excluding ortho intramolecular Hbond substituents is 1. The van der Waals surface area contributed by atoms with Gasteiger partial charge in [-0.25, -0.2) is 13.6 Å². The summed E-state index contributed by atoms with van der Waals surface area (Å²) < 4.78 is 28.2. The Morgan fingerprint density at radius 3 is 2.42 bits per heavy atom. The quantitative estimate of drug-likeness (QED) is 0.709. The van der Waals surface area contributed by atoms with Gasteiger partial charge in [0.05, 0.1) is 10.6 Å². The largest absolute Gasteiger partial charge is 0.506 e. The third-order valence-corrected chi connectivity index (χ3v) is 4.24. The van der Waals surface area contributed by atoms with Crippen LogP contribution in [0, 0.1) is 13.8 Å². The Bertz CT molecular complexity index is 858. The van der Waals surface area contributed by atoms with E-state index in [0.29, 0.717) is 5.75 Å². The second-order valence-corrected chi connectivity index (χ2v) is 6.84. The Balaban J connectivity index is 2.10. The van der Waals surface area contributed by atoms with Crippen molar-refractivity contribution in [3.05, 3.63) is 47.5 Å². The van der Waals surface area contributed by atoms with E-state index >= 15 is 0 Å². The summed E-state index contributed by atoms with van der Waals surface area (Å²) in [6, 6.07) is 8.98. The van der Waals surface area contributed by atoms with Crippen LogP contribution >= 0.6 is 0 Å². The van der Waals surface area contributed by atoms with E-state index in [1.54, 1.807) is 0 Å². The van der Waals surface area contributed by atoms with E-state index in [2.05, 4.69) is 5.32 Å². The number of benzene rings is 2. The molecule has 128 valence electrons. The molecule has 4 N–H and O–H groups in total. The van der Waals surface area contributed by atoms with Crippen LogP contribution in [0.3, 0.4) is 0 Å². The van der Waals surface area contributed by atoms with Crippen LogP contribution in [-0.2, 0) is 14.8 Å². The van der Waals surface area contributed by atoms with Crippen molar-refractivity contribution < 1.29 is 23.1 Å². The van der Waals surface area contributed by atoms with E-state index in [1.807, 2.05) is 32.0 Å². The summed E-state index contributed by atoms with van der Waals surface area (Å²) in [4.78, 5) is 11.8. The zero-order chi connectivity index (χ0) is 17.9. The van der Waals surface area contributed by atoms with Crippen LogP contribution in [-0.4, -0.2) is 26.0 Å². The SMILES string of the molecule is Cc1cccc(C)c1OCC(=O)Nc1cc(S(N)(=O)=O)ccc1O. The first-order chi connectivity index (χ1) is 11.2. The van der Waals surface area contributed by atoms with Gasteiger partial charge in [-0.2, -0.15) is 0 Å². The summed E-state index contributed by atoms with van der Waals surface area (Å²) >= 11 is 0. The molecule has 0 aliphatic rings. The smallest absolute Gasteiger partial charge is 0.262 e. The van der Waals surface area contributed by atoms with E-state index in [-0.39, 0.29) is 22.9 Å². The first-order valence-electron chi connectivity index (χ1n) is 7.03. The van der Waals surface area contributed by atoms with Crippen molar-refractivity contribution in [2.45, 2.75) is 18.7 Å². The van der Waals surface area contributed by atoms with Crippen LogP contribution in [0.5, 0.6) is 11.5 Å². The molecular formula is C16H18N2O5S. The molecule has 0 atom stereocenters. The van der Waals surface area contributed by atoms with Crippen molar-refractivity contribution in [1.82, 2.24) is 0 Å². The molecule has 0 radical (unpaired) electrons. The number of carbonyl (C=O) groups is 1. The van der Waals surface area contributed by atoms with Gasteiger partial charge in [0.25, 0.3) is 5.91 Å². The number of carbonyl (C=O) groups excluding carboxylic acids is 1. The predicted molar refractivity (Wildman–Crippen MR) is 89.5 cm³/mol. The minimum Gasteiger partial charge on any atom is -0.506 e. The normalized spacial score (nSPS) is 11.1. The third kappa shape index (κ3) is 4.24. The minimum atomic E-state index is -3.94. The molecule has 8 heteroatoms. The molecule has 0 aliphatic heterocycles. The molecule has 2 aromatic rings. The van der Waals surface area contributed by atoms with Crippen molar-refractivity contribution in [3.8, 4) is 11.5 Å². The van der Waals surface area contributed by atoms with E-state index < -0.39 is 15.9 Å². The van der Waals surface area contributed by atoms with Gasteiger partial charge < -0.3 is 15.2 Å². The lowest BCUT2D eigenvalue weighted by Gasteiger charge is -2.13. The molecule has 0 unspecified atom stereocenters. The zero-order valence-electron chi connectivity index (χ0n) is 13.2. The standard InChI is InChI=1S/C16H18N2O5S/c1-10-4-3-5-11(2)16(10)23-9-15(20)18-13-8-12(24(17,21)22)6-7-14(13)19/h3-8,19H,9H2,1-2H3,(H,18,20)(H2,17,21,22). The van der Waals surface area contributed by atoms with Gasteiger partial charge in [-0.3, -0.25) is 4.79 Å². The molecule has 0 heterocycles. The van der Waals surface area contributed by atoms with E-state index in [0.717, 1.165) is 29.3 Å². The topological polar surface area (TPSA) is 119 Å². The molecule has 0 aromatic heterocycles. The lowest BCUT2D eigenvalue weighted by molar-refractivity contribution is -0.118. The van der Waals surface area contributed by atoms with Gasteiger partial charge >= 0.3 is 0 Å². The number of anilines is 1. The van der Waals surface area contributed by atoms with Crippen molar-refractivity contribution >= 4 is 21.6 Å². The number of amides is 1. The molecule has 0 aliphatic carbocycles. The maximum Gasteiger partial charge on any atom is 0.262 e. The van der Waals surface area contributed by atoms with Crippen LogP contribution in [0.25, 0.3) is 0 Å². The third-order valence-electron chi connectivity index (χ3n) is 3.33. The summed E-state index contributed by atoms with van der Waals surface area (Å²) in [5.41, 5.74) is 1.72. The Morgan fingerprint density at radius 1 is 1.21 bits per heavy atom. The van der Waals surface area contributed by atoms with Gasteiger partial charge in [-0.05, 0) is 43.2 Å². The predicted octanol–water partition coefficient (Wildman–Crippen LogP) is 1.67. The van der Waals surface area contributed by atoms with Crippen LogP contribution in [0.2, 0.25) is 0 Å². The second-order valence-electron chi connectivity index (χ2n) is 5.28. The Kier molecular flexibility index (Phi) is 5.10. The maximum absolute atomic E-state index is 12.0. The van der Waals surface area contributed by atoms with Crippen molar-refractivity contribution in [1.29, 1.82) is 0 Å². The van der Waals surface area contributed by atoms with Crippen LogP contribution in [0.4, 0.5) is 5.69 Å². The Morgan fingerprint density at radius 2 is 1.83 bits per heavy atom. The number of aryl methyl sites for hydroxylation is 2. The Hall–Kier alpha value is -2.58. The molecule has 1 amide bonds. The number of nitrogens with one attached hydrogen (secondary N) is 1. The molecule has 24 heavy (non-hydrogen) atoms. The van der Waals surface area contributed by atoms with Crippen LogP contribution in [0.15, 0.2) is 41.3 Å². The van der Waals surface area contributed by atoms with Gasteiger partial charge in [0, 0.05) is 0 Å². The fourth-order valence-electron chi connectivity index (χ4n) is 2.14. The number of sulfonamides is 1. The number of hydrogen-bond donors (Lipinski definition) is 3. The molecule has 0 spiro atoms. The van der Waals surface area contributed by atoms with Crippen LogP contribution in [0.1, 0.15) is 11.1 Å². The average molecular weight is 350 g/mol. The molecule has 2 rings (SSSR count). The fraction of sp³-hybridized carbons (Fsp3) is 0.188. The molecule has 7 nitrogen and oxygen atoms in total. The van der Waals surface area contributed by atoms with Gasteiger partial charge in [-0.15, -0.1) is 0 Å². The van der Waals surface area contributed by atoms with Crippen molar-refractivity contribution in [2.24, 2.45) is 5.14 Å². The highest BCUT2D eigenvalue weighted by molar-refractivity contribution is 7.89. The van der Waals surface area contributed by atoms with Gasteiger partial charge in [0.1, 0.15) is 11.5 Å². The number of rotatable bonds is 5. The number of phenols is 1. The van der Waals surface area contributed by atoms with Crippen molar-refractivity contribution in [3.63, 3.8) is 0 Å².